The fourth-order valence-electron chi connectivity index (χ4n) is 3.09. The van der Waals surface area contributed by atoms with Crippen molar-refractivity contribution in [3.05, 3.63) is 76.6 Å². The van der Waals surface area contributed by atoms with Crippen molar-refractivity contribution in [2.45, 2.75) is 13.8 Å². The number of aromatic nitrogens is 4. The van der Waals surface area contributed by atoms with Gasteiger partial charge in [-0.05, 0) is 37.1 Å². The van der Waals surface area contributed by atoms with Gasteiger partial charge in [-0.15, -0.1) is 0 Å². The molecule has 1 aromatic carbocycles. The van der Waals surface area contributed by atoms with Crippen LogP contribution in [0, 0.1) is 13.8 Å². The van der Waals surface area contributed by atoms with E-state index in [2.05, 4.69) is 10.1 Å². The number of pyridine rings is 1. The predicted octanol–water partition coefficient (Wildman–Crippen LogP) is 3.37. The first-order valence-electron chi connectivity index (χ1n) is 7.74. The van der Waals surface area contributed by atoms with Gasteiger partial charge in [-0.3, -0.25) is 14.9 Å². The van der Waals surface area contributed by atoms with Gasteiger partial charge in [0.25, 0.3) is 5.56 Å². The highest BCUT2D eigenvalue weighted by molar-refractivity contribution is 5.80. The lowest BCUT2D eigenvalue weighted by molar-refractivity contribution is 0.876. The number of aromatic amines is 1. The number of H-pyrrole nitrogens is 1. The van der Waals surface area contributed by atoms with Crippen LogP contribution in [0.4, 0.5) is 0 Å². The Morgan fingerprint density at radius 3 is 2.29 bits per heavy atom. The third-order valence-corrected chi connectivity index (χ3v) is 4.17. The summed E-state index contributed by atoms with van der Waals surface area (Å²) in [6.45, 7) is 3.82. The molecule has 0 bridgehead atoms. The van der Waals surface area contributed by atoms with Crippen molar-refractivity contribution >= 4 is 5.65 Å². The molecule has 4 rings (SSSR count). The van der Waals surface area contributed by atoms with Gasteiger partial charge in [0, 0.05) is 23.7 Å². The lowest BCUT2D eigenvalue weighted by Crippen LogP contribution is -2.19. The Bertz CT molecular complexity index is 1080. The van der Waals surface area contributed by atoms with Gasteiger partial charge in [-0.25, -0.2) is 9.50 Å². The van der Waals surface area contributed by atoms with Crippen molar-refractivity contribution in [1.82, 2.24) is 19.6 Å². The maximum Gasteiger partial charge on any atom is 0.280 e. The Morgan fingerprint density at radius 1 is 0.917 bits per heavy atom. The van der Waals surface area contributed by atoms with Crippen LogP contribution in [-0.4, -0.2) is 19.6 Å². The first kappa shape index (κ1) is 14.4. The summed E-state index contributed by atoms with van der Waals surface area (Å²) in [5, 5.41) is 3.15. The normalized spacial score (nSPS) is 11.1. The van der Waals surface area contributed by atoms with Crippen molar-refractivity contribution in [1.29, 1.82) is 0 Å². The van der Waals surface area contributed by atoms with E-state index in [1.54, 1.807) is 12.4 Å². The highest BCUT2D eigenvalue weighted by Gasteiger charge is 2.18. The third-order valence-electron chi connectivity index (χ3n) is 4.17. The van der Waals surface area contributed by atoms with Crippen LogP contribution in [-0.2, 0) is 0 Å². The van der Waals surface area contributed by atoms with Gasteiger partial charge in [-0.1, -0.05) is 30.3 Å². The summed E-state index contributed by atoms with van der Waals surface area (Å²) in [7, 11) is 0. The molecule has 0 radical (unpaired) electrons. The minimum Gasteiger partial charge on any atom is -0.293 e. The minimum atomic E-state index is -0.0906. The molecule has 3 aromatic heterocycles. The maximum absolute atomic E-state index is 13.0. The lowest BCUT2D eigenvalue weighted by Gasteiger charge is -2.06. The first-order valence-corrected chi connectivity index (χ1v) is 7.74. The van der Waals surface area contributed by atoms with Crippen LogP contribution in [0.2, 0.25) is 0 Å². The van der Waals surface area contributed by atoms with Gasteiger partial charge in [0.15, 0.2) is 5.65 Å². The lowest BCUT2D eigenvalue weighted by atomic mass is 10.1. The molecule has 3 heterocycles. The van der Waals surface area contributed by atoms with Crippen LogP contribution in [0.25, 0.3) is 27.9 Å². The van der Waals surface area contributed by atoms with Crippen LogP contribution >= 0.6 is 0 Å². The van der Waals surface area contributed by atoms with Crippen LogP contribution in [0.5, 0.6) is 0 Å². The second kappa shape index (κ2) is 5.45. The second-order valence-corrected chi connectivity index (χ2v) is 5.75. The summed E-state index contributed by atoms with van der Waals surface area (Å²) in [4.78, 5) is 21.8. The van der Waals surface area contributed by atoms with Crippen LogP contribution in [0.1, 0.15) is 11.4 Å². The molecule has 0 aliphatic heterocycles. The van der Waals surface area contributed by atoms with E-state index in [4.69, 9.17) is 4.98 Å². The molecule has 0 aliphatic rings. The van der Waals surface area contributed by atoms with Gasteiger partial charge in [0.1, 0.15) is 0 Å². The summed E-state index contributed by atoms with van der Waals surface area (Å²) in [6.07, 6.45) is 3.48. The summed E-state index contributed by atoms with van der Waals surface area (Å²) in [5.74, 6) is 0. The fraction of sp³-hybridized carbons (Fsp3) is 0.105. The fourth-order valence-corrected chi connectivity index (χ4v) is 3.09. The van der Waals surface area contributed by atoms with Gasteiger partial charge in [0.05, 0.1) is 11.3 Å². The van der Waals surface area contributed by atoms with E-state index in [0.717, 1.165) is 28.1 Å². The molecule has 5 heteroatoms. The number of hydrogen-bond acceptors (Lipinski definition) is 3. The zero-order valence-corrected chi connectivity index (χ0v) is 13.4. The van der Waals surface area contributed by atoms with E-state index in [0.29, 0.717) is 11.2 Å². The number of hydrogen-bond donors (Lipinski definition) is 1. The molecular formula is C19H16N4O. The van der Waals surface area contributed by atoms with Gasteiger partial charge in [0.2, 0.25) is 0 Å². The second-order valence-electron chi connectivity index (χ2n) is 5.75. The van der Waals surface area contributed by atoms with Crippen LogP contribution in [0.3, 0.4) is 0 Å². The predicted molar refractivity (Wildman–Crippen MR) is 94.0 cm³/mol. The Labute approximate surface area is 138 Å². The topological polar surface area (TPSA) is 63.1 Å². The molecule has 0 saturated carbocycles. The van der Waals surface area contributed by atoms with E-state index in [9.17, 15) is 4.79 Å². The standard InChI is InChI=1S/C19H16N4O/c1-12-17(14-6-4-3-5-7-14)19(24)23-18(21-12)16(13(2)22-23)15-8-10-20-11-9-15/h3-11,22H,1-2H3. The summed E-state index contributed by atoms with van der Waals surface area (Å²) >= 11 is 0. The zero-order chi connectivity index (χ0) is 16.7. The van der Waals surface area contributed by atoms with Crippen LogP contribution in [0.15, 0.2) is 59.7 Å². The number of aryl methyl sites for hydroxylation is 2. The quantitative estimate of drug-likeness (QED) is 0.617. The summed E-state index contributed by atoms with van der Waals surface area (Å²) in [5.41, 5.74) is 5.58. The van der Waals surface area contributed by atoms with Gasteiger partial charge < -0.3 is 0 Å². The first-order chi connectivity index (χ1) is 11.7. The molecular weight excluding hydrogens is 300 g/mol. The monoisotopic (exact) mass is 316 g/mol. The molecule has 4 aromatic rings. The number of nitrogens with zero attached hydrogens (tertiary/aromatic N) is 3. The third kappa shape index (κ3) is 2.13. The van der Waals surface area contributed by atoms with Crippen molar-refractivity contribution in [2.75, 3.05) is 0 Å². The summed E-state index contributed by atoms with van der Waals surface area (Å²) < 4.78 is 1.53. The Balaban J connectivity index is 2.05. The largest absolute Gasteiger partial charge is 0.293 e. The highest BCUT2D eigenvalue weighted by Crippen LogP contribution is 2.27. The van der Waals surface area contributed by atoms with Gasteiger partial charge >= 0.3 is 0 Å². The van der Waals surface area contributed by atoms with Crippen molar-refractivity contribution in [3.8, 4) is 22.3 Å². The zero-order valence-electron chi connectivity index (χ0n) is 13.4. The summed E-state index contributed by atoms with van der Waals surface area (Å²) in [6, 6.07) is 13.5. The molecule has 24 heavy (non-hydrogen) atoms. The van der Waals surface area contributed by atoms with E-state index in [1.807, 2.05) is 56.3 Å². The molecule has 0 aliphatic carbocycles. The molecule has 1 N–H and O–H groups in total. The number of benzene rings is 1. The van der Waals surface area contributed by atoms with Crippen molar-refractivity contribution in [3.63, 3.8) is 0 Å². The molecule has 0 spiro atoms. The van der Waals surface area contributed by atoms with E-state index in [-0.39, 0.29) is 5.56 Å². The van der Waals surface area contributed by atoms with Crippen molar-refractivity contribution in [2.24, 2.45) is 0 Å². The molecule has 5 nitrogen and oxygen atoms in total. The molecule has 118 valence electrons. The average molecular weight is 316 g/mol. The van der Waals surface area contributed by atoms with E-state index < -0.39 is 0 Å². The number of fused-ring (bicyclic) bond motifs is 1. The highest BCUT2D eigenvalue weighted by atomic mass is 16.1. The van der Waals surface area contributed by atoms with Crippen LogP contribution < -0.4 is 5.56 Å². The molecule has 0 saturated heterocycles. The Kier molecular flexibility index (Phi) is 3.27. The van der Waals surface area contributed by atoms with Crippen molar-refractivity contribution < 1.29 is 0 Å². The Hall–Kier alpha value is -3.21. The number of nitrogens with one attached hydrogen (secondary N) is 1. The van der Waals surface area contributed by atoms with E-state index in [1.165, 1.54) is 4.52 Å². The van der Waals surface area contributed by atoms with E-state index >= 15 is 0 Å². The number of rotatable bonds is 2. The Morgan fingerprint density at radius 2 is 1.58 bits per heavy atom. The average Bonchev–Trinajstić information content (AvgIpc) is 2.93. The molecule has 0 amide bonds. The minimum absolute atomic E-state index is 0.0906. The van der Waals surface area contributed by atoms with Gasteiger partial charge in [-0.2, -0.15) is 0 Å². The molecule has 0 atom stereocenters. The maximum atomic E-state index is 13.0. The molecule has 0 fully saturated rings. The molecule has 0 unspecified atom stereocenters. The SMILES string of the molecule is Cc1nc2c(-c3ccncc3)c(C)[nH]n2c(=O)c1-c1ccccc1. The smallest absolute Gasteiger partial charge is 0.280 e.